The summed E-state index contributed by atoms with van der Waals surface area (Å²) in [5.41, 5.74) is 3.42. The number of aryl methyl sites for hydroxylation is 2. The number of carbonyl (C=O) groups is 1. The second-order valence-electron chi connectivity index (χ2n) is 10.9. The van der Waals surface area contributed by atoms with E-state index in [0.29, 0.717) is 28.3 Å². The highest BCUT2D eigenvalue weighted by Crippen LogP contribution is 2.52. The van der Waals surface area contributed by atoms with E-state index in [1.807, 2.05) is 27.0 Å². The summed E-state index contributed by atoms with van der Waals surface area (Å²) in [5.74, 6) is -0.00502. The molecular weight excluding hydrogens is 512 g/mol. The van der Waals surface area contributed by atoms with E-state index in [9.17, 15) is 22.0 Å². The zero-order chi connectivity index (χ0) is 27.6. The number of halogens is 2. The fourth-order valence-electron chi connectivity index (χ4n) is 5.00. The van der Waals surface area contributed by atoms with Crippen molar-refractivity contribution < 1.29 is 22.0 Å². The number of aromatic nitrogens is 3. The van der Waals surface area contributed by atoms with Crippen LogP contribution in [0.25, 0.3) is 11.3 Å². The molecule has 1 saturated carbocycles. The number of ketones is 1. The number of pyridine rings is 1. The molecule has 11 heteroatoms. The quantitative estimate of drug-likeness (QED) is 0.431. The smallest absolute Gasteiger partial charge is 0.277 e. The number of Topliss-reactive ketones (excluding diaryl/α,β-unsaturated/α-hetero) is 1. The Balaban J connectivity index is 1.56. The number of aliphatic imine (C=N–C) groups is 1. The van der Waals surface area contributed by atoms with E-state index in [0.717, 1.165) is 18.2 Å². The van der Waals surface area contributed by atoms with Crippen molar-refractivity contribution in [3.8, 4) is 11.3 Å². The molecule has 0 amide bonds. The van der Waals surface area contributed by atoms with Gasteiger partial charge in [-0.3, -0.25) is 14.5 Å². The van der Waals surface area contributed by atoms with E-state index in [4.69, 9.17) is 0 Å². The number of rotatable bonds is 8. The van der Waals surface area contributed by atoms with Gasteiger partial charge >= 0.3 is 0 Å². The predicted octanol–water partition coefficient (Wildman–Crippen LogP) is 4.99. The lowest BCUT2D eigenvalue weighted by atomic mass is 10.0. The predicted molar refractivity (Wildman–Crippen MR) is 141 cm³/mol. The van der Waals surface area contributed by atoms with Gasteiger partial charge in [0.05, 0.1) is 39.1 Å². The SMILES string of the molecule is Cc1cn(C)nc1-c1ccc(Nc2cc(CC(=O)[C@@H]3CC3(C)C)nc3c2N=C(C(F)F)C3)c(S(C)(=O)=O)c1. The molecule has 1 fully saturated rings. The van der Waals surface area contributed by atoms with E-state index in [1.54, 1.807) is 36.0 Å². The van der Waals surface area contributed by atoms with Gasteiger partial charge in [0.15, 0.2) is 9.84 Å². The minimum absolute atomic E-state index is 0.0269. The maximum Gasteiger partial charge on any atom is 0.277 e. The summed E-state index contributed by atoms with van der Waals surface area (Å²) in [6, 6.07) is 6.52. The first-order valence-electron chi connectivity index (χ1n) is 12.3. The van der Waals surface area contributed by atoms with Gasteiger partial charge in [0.1, 0.15) is 11.5 Å². The Morgan fingerprint density at radius 1 is 1.24 bits per heavy atom. The van der Waals surface area contributed by atoms with Gasteiger partial charge in [-0.1, -0.05) is 19.9 Å². The monoisotopic (exact) mass is 541 g/mol. The zero-order valence-electron chi connectivity index (χ0n) is 21.8. The van der Waals surface area contributed by atoms with Crippen LogP contribution in [-0.2, 0) is 34.5 Å². The molecule has 8 nitrogen and oxygen atoms in total. The maximum absolute atomic E-state index is 13.5. The van der Waals surface area contributed by atoms with Crippen LogP contribution in [0.4, 0.5) is 25.8 Å². The third-order valence-electron chi connectivity index (χ3n) is 7.17. The standard InChI is InChI=1S/C27H29F2N5O3S/c1-14-13-34(4)33-24(14)15-6-7-18(23(8-15)38(5,36)37)31-19-9-16(10-22(35)17-12-27(17,2)3)30-20-11-21(26(28)29)32-25(19)20/h6-9,13,17,26H,10-12H2,1-5H3,(H,30,31)/t17-/m0/s1. The average Bonchev–Trinajstić information content (AvgIpc) is 3.12. The van der Waals surface area contributed by atoms with Gasteiger partial charge in [-0.2, -0.15) is 5.10 Å². The summed E-state index contributed by atoms with van der Waals surface area (Å²) in [4.78, 5) is 21.4. The summed E-state index contributed by atoms with van der Waals surface area (Å²) >= 11 is 0. The molecule has 2 aromatic heterocycles. The van der Waals surface area contributed by atoms with E-state index in [-0.39, 0.29) is 51.9 Å². The topological polar surface area (TPSA) is 106 Å². The number of sulfone groups is 1. The van der Waals surface area contributed by atoms with Crippen molar-refractivity contribution in [3.63, 3.8) is 0 Å². The Bertz CT molecular complexity index is 1610. The Morgan fingerprint density at radius 3 is 2.53 bits per heavy atom. The number of fused-ring (bicyclic) bond motifs is 1. The fourth-order valence-corrected chi connectivity index (χ4v) is 5.86. The number of hydrogen-bond donors (Lipinski definition) is 1. The van der Waals surface area contributed by atoms with Crippen molar-refractivity contribution in [2.45, 2.75) is 51.4 Å². The van der Waals surface area contributed by atoms with Crippen molar-refractivity contribution in [1.82, 2.24) is 14.8 Å². The van der Waals surface area contributed by atoms with Gasteiger partial charge in [-0.05, 0) is 42.5 Å². The minimum Gasteiger partial charge on any atom is -0.353 e. The Morgan fingerprint density at radius 2 is 1.95 bits per heavy atom. The lowest BCUT2D eigenvalue weighted by Crippen LogP contribution is -2.13. The van der Waals surface area contributed by atoms with Crippen LogP contribution in [0.1, 0.15) is 37.2 Å². The summed E-state index contributed by atoms with van der Waals surface area (Å²) in [6.45, 7) is 5.95. The van der Waals surface area contributed by atoms with Gasteiger partial charge in [-0.15, -0.1) is 0 Å². The molecule has 1 atom stereocenters. The molecule has 0 spiro atoms. The number of nitrogens with zero attached hydrogens (tertiary/aromatic N) is 4. The van der Waals surface area contributed by atoms with E-state index in [1.165, 1.54) is 0 Å². The molecule has 5 rings (SSSR count). The van der Waals surface area contributed by atoms with Gasteiger partial charge in [0, 0.05) is 43.8 Å². The number of alkyl halides is 2. The normalized spacial score (nSPS) is 17.9. The molecule has 3 heterocycles. The number of benzene rings is 1. The highest BCUT2D eigenvalue weighted by molar-refractivity contribution is 7.90. The lowest BCUT2D eigenvalue weighted by molar-refractivity contribution is -0.120. The molecule has 38 heavy (non-hydrogen) atoms. The van der Waals surface area contributed by atoms with Gasteiger partial charge < -0.3 is 5.32 Å². The van der Waals surface area contributed by atoms with E-state index >= 15 is 0 Å². The van der Waals surface area contributed by atoms with Gasteiger partial charge in [-0.25, -0.2) is 22.2 Å². The molecule has 0 saturated heterocycles. The molecule has 200 valence electrons. The van der Waals surface area contributed by atoms with Crippen molar-refractivity contribution in [3.05, 3.63) is 47.4 Å². The van der Waals surface area contributed by atoms with Gasteiger partial charge in [0.25, 0.3) is 6.43 Å². The third kappa shape index (κ3) is 4.99. The molecule has 1 aliphatic carbocycles. The van der Waals surface area contributed by atoms with Gasteiger partial charge in [0.2, 0.25) is 0 Å². The summed E-state index contributed by atoms with van der Waals surface area (Å²) in [6.07, 6.45) is 0.939. The molecule has 2 aliphatic rings. The first-order valence-corrected chi connectivity index (χ1v) is 14.1. The van der Waals surface area contributed by atoms with Crippen LogP contribution in [0.5, 0.6) is 0 Å². The third-order valence-corrected chi connectivity index (χ3v) is 8.30. The van der Waals surface area contributed by atoms with Crippen molar-refractivity contribution in [2.24, 2.45) is 23.4 Å². The molecule has 3 aromatic rings. The molecule has 0 bridgehead atoms. The van der Waals surface area contributed by atoms with Crippen LogP contribution in [0.3, 0.4) is 0 Å². The van der Waals surface area contributed by atoms with E-state index < -0.39 is 16.3 Å². The van der Waals surface area contributed by atoms with Crippen LogP contribution >= 0.6 is 0 Å². The molecule has 0 radical (unpaired) electrons. The summed E-state index contributed by atoms with van der Waals surface area (Å²) in [7, 11) is -1.91. The van der Waals surface area contributed by atoms with Crippen LogP contribution in [0.15, 0.2) is 40.4 Å². The Kier molecular flexibility index (Phi) is 6.24. The van der Waals surface area contributed by atoms with Crippen LogP contribution < -0.4 is 5.32 Å². The lowest BCUT2D eigenvalue weighted by Gasteiger charge is -2.15. The minimum atomic E-state index is -3.70. The molecule has 1 N–H and O–H groups in total. The number of hydrogen-bond acceptors (Lipinski definition) is 7. The maximum atomic E-state index is 13.5. The van der Waals surface area contributed by atoms with Crippen LogP contribution in [0, 0.1) is 18.3 Å². The molecule has 1 aliphatic heterocycles. The number of carbonyl (C=O) groups excluding carboxylic acids is 1. The number of nitrogens with one attached hydrogen (secondary N) is 1. The van der Waals surface area contributed by atoms with Crippen molar-refractivity contribution in [1.29, 1.82) is 0 Å². The highest BCUT2D eigenvalue weighted by Gasteiger charge is 2.50. The largest absolute Gasteiger partial charge is 0.353 e. The fraction of sp³-hybridized carbons (Fsp3) is 0.407. The second-order valence-corrected chi connectivity index (χ2v) is 12.9. The zero-order valence-corrected chi connectivity index (χ0v) is 22.7. The van der Waals surface area contributed by atoms with Crippen LogP contribution in [0.2, 0.25) is 0 Å². The molecule has 0 unspecified atom stereocenters. The number of anilines is 2. The van der Waals surface area contributed by atoms with Crippen molar-refractivity contribution in [2.75, 3.05) is 11.6 Å². The van der Waals surface area contributed by atoms with E-state index in [2.05, 4.69) is 20.4 Å². The Labute approximate surface area is 220 Å². The first kappa shape index (κ1) is 26.1. The van der Waals surface area contributed by atoms with Crippen molar-refractivity contribution >= 4 is 38.4 Å². The first-order chi connectivity index (χ1) is 17.7. The van der Waals surface area contributed by atoms with Crippen LogP contribution in [-0.4, -0.2) is 47.4 Å². The average molecular weight is 542 g/mol. The summed E-state index contributed by atoms with van der Waals surface area (Å²) < 4.78 is 54.3. The Hall–Kier alpha value is -3.47. The molecular formula is C27H29F2N5O3S. The molecule has 1 aromatic carbocycles. The second kappa shape index (κ2) is 9.07. The highest BCUT2D eigenvalue weighted by atomic mass is 32.2. The summed E-state index contributed by atoms with van der Waals surface area (Å²) in [5, 5.41) is 7.53.